The number of imidazole rings is 1. The number of hydrogen-bond acceptors (Lipinski definition) is 4. The van der Waals surface area contributed by atoms with Crippen molar-refractivity contribution in [2.75, 3.05) is 11.9 Å². The van der Waals surface area contributed by atoms with Crippen LogP contribution in [0.5, 0.6) is 0 Å². The molecular weight excluding hydrogens is 362 g/mol. The molecule has 0 aliphatic carbocycles. The monoisotopic (exact) mass is 385 g/mol. The Bertz CT molecular complexity index is 1120. The smallest absolute Gasteiger partial charge is 0.334 e. The van der Waals surface area contributed by atoms with Gasteiger partial charge in [0.25, 0.3) is 0 Å². The van der Waals surface area contributed by atoms with Gasteiger partial charge in [-0.1, -0.05) is 54.1 Å². The Hall–Kier alpha value is -3.60. The van der Waals surface area contributed by atoms with Gasteiger partial charge in [-0.3, -0.25) is 0 Å². The highest BCUT2D eigenvalue weighted by atomic mass is 16.5. The lowest BCUT2D eigenvalue weighted by Gasteiger charge is -2.20. The Labute approximate surface area is 170 Å². The summed E-state index contributed by atoms with van der Waals surface area (Å²) in [5.41, 5.74) is 5.24. The van der Waals surface area contributed by atoms with E-state index in [-0.39, 0.29) is 5.97 Å². The number of anilines is 1. The van der Waals surface area contributed by atoms with E-state index in [0.29, 0.717) is 6.61 Å². The fourth-order valence-electron chi connectivity index (χ4n) is 3.38. The second kappa shape index (κ2) is 8.19. The minimum atomic E-state index is -0.703. The molecule has 2 aromatic carbocycles. The largest absolute Gasteiger partial charge is 0.464 e. The summed E-state index contributed by atoms with van der Waals surface area (Å²) in [6, 6.07) is 23.0. The summed E-state index contributed by atoms with van der Waals surface area (Å²) in [7, 11) is 0. The molecule has 0 radical (unpaired) electrons. The molecule has 2 heterocycles. The van der Waals surface area contributed by atoms with Gasteiger partial charge in [-0.15, -0.1) is 0 Å². The normalized spacial score (nSPS) is 11.9. The van der Waals surface area contributed by atoms with Gasteiger partial charge in [0.1, 0.15) is 5.65 Å². The molecule has 1 N–H and O–H groups in total. The molecule has 0 fully saturated rings. The molecule has 4 rings (SSSR count). The number of hydrogen-bond donors (Lipinski definition) is 1. The number of fused-ring (bicyclic) bond motifs is 1. The molecule has 0 spiro atoms. The average molecular weight is 385 g/mol. The van der Waals surface area contributed by atoms with Crippen LogP contribution in [-0.2, 0) is 9.53 Å². The van der Waals surface area contributed by atoms with Crippen molar-refractivity contribution in [3.05, 3.63) is 90.3 Å². The van der Waals surface area contributed by atoms with Gasteiger partial charge in [0.05, 0.1) is 18.0 Å². The first-order chi connectivity index (χ1) is 14.2. The molecule has 5 nitrogen and oxygen atoms in total. The molecule has 0 aliphatic heterocycles. The Morgan fingerprint density at radius 2 is 1.76 bits per heavy atom. The van der Waals surface area contributed by atoms with Crippen molar-refractivity contribution in [3.8, 4) is 11.3 Å². The van der Waals surface area contributed by atoms with E-state index in [2.05, 4.69) is 5.32 Å². The number of carbonyl (C=O) groups is 1. The molecule has 0 saturated carbocycles. The number of esters is 1. The summed E-state index contributed by atoms with van der Waals surface area (Å²) >= 11 is 0. The summed E-state index contributed by atoms with van der Waals surface area (Å²) in [5.74, 6) is -0.337. The van der Waals surface area contributed by atoms with E-state index in [1.165, 1.54) is 0 Å². The Morgan fingerprint density at radius 3 is 2.48 bits per heavy atom. The molecule has 0 amide bonds. The van der Waals surface area contributed by atoms with Crippen LogP contribution in [0.2, 0.25) is 0 Å². The van der Waals surface area contributed by atoms with E-state index >= 15 is 0 Å². The van der Waals surface area contributed by atoms with Gasteiger partial charge in [-0.2, -0.15) is 0 Å². The van der Waals surface area contributed by atoms with Crippen LogP contribution in [0.1, 0.15) is 24.2 Å². The van der Waals surface area contributed by atoms with E-state index in [1.54, 1.807) is 0 Å². The zero-order chi connectivity index (χ0) is 20.2. The fraction of sp³-hybridized carbons (Fsp3) is 0.167. The van der Waals surface area contributed by atoms with Crippen molar-refractivity contribution in [2.24, 2.45) is 0 Å². The van der Waals surface area contributed by atoms with E-state index < -0.39 is 6.04 Å². The van der Waals surface area contributed by atoms with Crippen LogP contribution in [0, 0.1) is 6.92 Å². The van der Waals surface area contributed by atoms with Crippen molar-refractivity contribution in [1.29, 1.82) is 0 Å². The van der Waals surface area contributed by atoms with Gasteiger partial charge >= 0.3 is 5.97 Å². The van der Waals surface area contributed by atoms with Crippen LogP contribution in [0.3, 0.4) is 0 Å². The maximum atomic E-state index is 13.0. The quantitative estimate of drug-likeness (QED) is 0.473. The molecule has 4 aromatic rings. The number of aryl methyl sites for hydroxylation is 1. The van der Waals surface area contributed by atoms with Crippen molar-refractivity contribution in [2.45, 2.75) is 19.9 Å². The van der Waals surface area contributed by atoms with Crippen LogP contribution in [0.4, 0.5) is 5.69 Å². The van der Waals surface area contributed by atoms with Crippen LogP contribution < -0.4 is 5.32 Å². The lowest BCUT2D eigenvalue weighted by molar-refractivity contribution is -0.144. The topological polar surface area (TPSA) is 55.6 Å². The van der Waals surface area contributed by atoms with Gasteiger partial charge in [-0.25, -0.2) is 9.78 Å². The number of benzene rings is 2. The summed E-state index contributed by atoms with van der Waals surface area (Å²) in [4.78, 5) is 17.8. The van der Waals surface area contributed by atoms with Crippen LogP contribution >= 0.6 is 0 Å². The zero-order valence-corrected chi connectivity index (χ0v) is 16.5. The van der Waals surface area contributed by atoms with Gasteiger partial charge in [0, 0.05) is 17.4 Å². The summed E-state index contributed by atoms with van der Waals surface area (Å²) < 4.78 is 7.37. The van der Waals surface area contributed by atoms with E-state index in [1.807, 2.05) is 97.2 Å². The molecule has 2 aromatic heterocycles. The molecule has 0 aliphatic rings. The van der Waals surface area contributed by atoms with E-state index in [9.17, 15) is 4.79 Å². The average Bonchev–Trinajstić information content (AvgIpc) is 3.13. The standard InChI is InChI=1S/C24H23N3O2/c1-3-29-24(28)22(25-19-14-12-17(2)13-15-19)23-21(18-9-5-4-6-10-18)26-20-11-7-8-16-27(20)23/h4-16,22,25H,3H2,1-2H3. The van der Waals surface area contributed by atoms with Crippen LogP contribution in [0.15, 0.2) is 79.0 Å². The molecule has 5 heteroatoms. The number of nitrogens with one attached hydrogen (secondary N) is 1. The molecule has 0 bridgehead atoms. The Balaban J connectivity index is 1.88. The SMILES string of the molecule is CCOC(=O)C(Nc1ccc(C)cc1)c1c(-c2ccccc2)nc2ccccn12. The predicted molar refractivity (Wildman–Crippen MR) is 115 cm³/mol. The number of ether oxygens (including phenoxy) is 1. The lowest BCUT2D eigenvalue weighted by Crippen LogP contribution is -2.25. The molecule has 0 saturated heterocycles. The van der Waals surface area contributed by atoms with Crippen molar-refractivity contribution in [3.63, 3.8) is 0 Å². The first kappa shape index (κ1) is 18.7. The number of rotatable bonds is 6. The molecule has 1 atom stereocenters. The third-order valence-electron chi connectivity index (χ3n) is 4.77. The lowest BCUT2D eigenvalue weighted by atomic mass is 10.0. The summed E-state index contributed by atoms with van der Waals surface area (Å²) in [5, 5.41) is 3.36. The van der Waals surface area contributed by atoms with E-state index in [0.717, 1.165) is 33.8 Å². The van der Waals surface area contributed by atoms with Crippen molar-refractivity contribution in [1.82, 2.24) is 9.38 Å². The maximum absolute atomic E-state index is 13.0. The number of aromatic nitrogens is 2. The van der Waals surface area contributed by atoms with Crippen molar-refractivity contribution < 1.29 is 9.53 Å². The third kappa shape index (κ3) is 3.85. The van der Waals surface area contributed by atoms with Gasteiger partial charge in [-0.05, 0) is 38.1 Å². The highest BCUT2D eigenvalue weighted by Gasteiger charge is 2.29. The van der Waals surface area contributed by atoms with Gasteiger partial charge in [0.2, 0.25) is 0 Å². The number of pyridine rings is 1. The summed E-state index contributed by atoms with van der Waals surface area (Å²) in [6.45, 7) is 4.15. The minimum Gasteiger partial charge on any atom is -0.464 e. The molecule has 29 heavy (non-hydrogen) atoms. The highest BCUT2D eigenvalue weighted by molar-refractivity contribution is 5.84. The first-order valence-corrected chi connectivity index (χ1v) is 9.69. The predicted octanol–water partition coefficient (Wildman–Crippen LogP) is 5.03. The number of nitrogens with zero attached hydrogens (tertiary/aromatic N) is 2. The maximum Gasteiger partial charge on any atom is 0.334 e. The van der Waals surface area contributed by atoms with Gasteiger partial charge < -0.3 is 14.5 Å². The van der Waals surface area contributed by atoms with Crippen LogP contribution in [0.25, 0.3) is 16.9 Å². The molecule has 1 unspecified atom stereocenters. The highest BCUT2D eigenvalue weighted by Crippen LogP contribution is 2.32. The minimum absolute atomic E-state index is 0.308. The van der Waals surface area contributed by atoms with Crippen LogP contribution in [-0.4, -0.2) is 22.0 Å². The van der Waals surface area contributed by atoms with Crippen molar-refractivity contribution >= 4 is 17.3 Å². The Kier molecular flexibility index (Phi) is 5.29. The summed E-state index contributed by atoms with van der Waals surface area (Å²) in [6.07, 6.45) is 1.92. The number of carbonyl (C=O) groups excluding carboxylic acids is 1. The molecule has 146 valence electrons. The zero-order valence-electron chi connectivity index (χ0n) is 16.5. The van der Waals surface area contributed by atoms with Gasteiger partial charge in [0.15, 0.2) is 6.04 Å². The third-order valence-corrected chi connectivity index (χ3v) is 4.77. The Morgan fingerprint density at radius 1 is 1.03 bits per heavy atom. The fourth-order valence-corrected chi connectivity index (χ4v) is 3.38. The first-order valence-electron chi connectivity index (χ1n) is 9.69. The second-order valence-corrected chi connectivity index (χ2v) is 6.84. The van der Waals surface area contributed by atoms with E-state index in [4.69, 9.17) is 9.72 Å². The second-order valence-electron chi connectivity index (χ2n) is 6.84. The molecular formula is C24H23N3O2.